The van der Waals surface area contributed by atoms with Gasteiger partial charge in [-0.15, -0.1) is 6.42 Å². The molecule has 1 aliphatic heterocycles. The number of methoxy groups -OCH3 is 1. The number of Topliss-reactive ketones (excluding diaryl/α,β-unsaturated/α-hetero) is 1. The van der Waals surface area contributed by atoms with Crippen molar-refractivity contribution in [2.75, 3.05) is 20.3 Å². The van der Waals surface area contributed by atoms with Crippen LogP contribution >= 0.6 is 0 Å². The molecule has 2 atom stereocenters. The molecule has 0 bridgehead atoms. The Hall–Kier alpha value is -3.49. The number of carbonyl (C=O) groups excluding carboxylic acids is 2. The maximum Gasteiger partial charge on any atom is 0.336 e. The number of carbonyl (C=O) groups is 2. The van der Waals surface area contributed by atoms with Gasteiger partial charge in [0.15, 0.2) is 0 Å². The Bertz CT molecular complexity index is 1180. The number of esters is 1. The molecule has 5 nitrogen and oxygen atoms in total. The lowest BCUT2D eigenvalue weighted by Crippen LogP contribution is -2.44. The van der Waals surface area contributed by atoms with Gasteiger partial charge in [-0.25, -0.2) is 4.79 Å². The summed E-state index contributed by atoms with van der Waals surface area (Å²) < 4.78 is 10.7. The fourth-order valence-electron chi connectivity index (χ4n) is 5.04. The van der Waals surface area contributed by atoms with Gasteiger partial charge in [0.05, 0.1) is 30.9 Å². The highest BCUT2D eigenvalue weighted by Crippen LogP contribution is 2.47. The summed E-state index contributed by atoms with van der Waals surface area (Å²) in [4.78, 5) is 31.3. The van der Waals surface area contributed by atoms with E-state index in [1.807, 2.05) is 54.6 Å². The standard InChI is InChI=1S/C29H29NO4/c1-5-15-34-18-23-27(28(32)33-4)25(26-22(30-23)16-29(2,3)17-24(26)31)21-13-11-20(12-14-21)19-9-7-6-8-10-19/h1,6-14,25-26H,15-18H2,2-4H3. The van der Waals surface area contributed by atoms with E-state index < -0.39 is 17.8 Å². The van der Waals surface area contributed by atoms with Gasteiger partial charge in [0.1, 0.15) is 12.4 Å². The van der Waals surface area contributed by atoms with Gasteiger partial charge in [-0.05, 0) is 28.5 Å². The van der Waals surface area contributed by atoms with Gasteiger partial charge < -0.3 is 9.47 Å². The van der Waals surface area contributed by atoms with Crippen LogP contribution in [-0.4, -0.2) is 37.8 Å². The highest BCUT2D eigenvalue weighted by Gasteiger charge is 2.48. The number of ketones is 1. The highest BCUT2D eigenvalue weighted by molar-refractivity contribution is 6.12. The molecular formula is C29H29NO4. The van der Waals surface area contributed by atoms with E-state index in [0.717, 1.165) is 22.4 Å². The van der Waals surface area contributed by atoms with Crippen LogP contribution in [0.15, 0.2) is 70.9 Å². The van der Waals surface area contributed by atoms with E-state index in [4.69, 9.17) is 20.9 Å². The van der Waals surface area contributed by atoms with Crippen LogP contribution in [0.5, 0.6) is 0 Å². The molecule has 2 aliphatic rings. The van der Waals surface area contributed by atoms with Crippen molar-refractivity contribution in [1.82, 2.24) is 0 Å². The highest BCUT2D eigenvalue weighted by atomic mass is 16.5. The summed E-state index contributed by atoms with van der Waals surface area (Å²) in [5.41, 5.74) is 4.49. The third-order valence-electron chi connectivity index (χ3n) is 6.46. The van der Waals surface area contributed by atoms with Crippen LogP contribution in [0.2, 0.25) is 0 Å². The summed E-state index contributed by atoms with van der Waals surface area (Å²) in [6.45, 7) is 4.33. The Morgan fingerprint density at radius 3 is 2.38 bits per heavy atom. The number of benzene rings is 2. The average molecular weight is 456 g/mol. The second-order valence-corrected chi connectivity index (χ2v) is 9.58. The number of hydrogen-bond acceptors (Lipinski definition) is 5. The molecule has 1 saturated carbocycles. The Morgan fingerprint density at radius 1 is 1.06 bits per heavy atom. The molecule has 1 aliphatic carbocycles. The molecule has 0 aromatic heterocycles. The van der Waals surface area contributed by atoms with Crippen molar-refractivity contribution in [3.8, 4) is 23.5 Å². The molecule has 2 unspecified atom stereocenters. The van der Waals surface area contributed by atoms with Crippen molar-refractivity contribution in [2.45, 2.75) is 32.6 Å². The summed E-state index contributed by atoms with van der Waals surface area (Å²) in [6.07, 6.45) is 6.45. The smallest absolute Gasteiger partial charge is 0.336 e. The first-order chi connectivity index (χ1) is 16.3. The van der Waals surface area contributed by atoms with Crippen LogP contribution < -0.4 is 0 Å². The second-order valence-electron chi connectivity index (χ2n) is 9.58. The predicted octanol–water partition coefficient (Wildman–Crippen LogP) is 4.97. The third kappa shape index (κ3) is 4.73. The Kier molecular flexibility index (Phi) is 6.81. The second kappa shape index (κ2) is 9.79. The molecule has 0 N–H and O–H groups in total. The van der Waals surface area contributed by atoms with E-state index in [0.29, 0.717) is 24.1 Å². The molecule has 0 amide bonds. The average Bonchev–Trinajstić information content (AvgIpc) is 2.83. The number of ether oxygens (including phenoxy) is 2. The summed E-state index contributed by atoms with van der Waals surface area (Å²) in [7, 11) is 1.34. The predicted molar refractivity (Wildman–Crippen MR) is 132 cm³/mol. The number of fused-ring (bicyclic) bond motifs is 1. The SMILES string of the molecule is C#CCOCC1=C(C(=O)OC)C(c2ccc(-c3ccccc3)cc2)C2C(=O)CC(C)(C)CC2=N1. The van der Waals surface area contributed by atoms with Crippen molar-refractivity contribution in [3.63, 3.8) is 0 Å². The lowest BCUT2D eigenvalue weighted by molar-refractivity contribution is -0.136. The summed E-state index contributed by atoms with van der Waals surface area (Å²) in [6, 6.07) is 18.1. The zero-order valence-corrected chi connectivity index (χ0v) is 19.8. The van der Waals surface area contributed by atoms with Gasteiger partial charge in [-0.1, -0.05) is 74.4 Å². The monoisotopic (exact) mass is 455 g/mol. The minimum Gasteiger partial charge on any atom is -0.466 e. The number of hydrogen-bond donors (Lipinski definition) is 0. The lowest BCUT2D eigenvalue weighted by Gasteiger charge is -2.41. The number of aliphatic imine (C=N–C) groups is 1. The molecule has 1 heterocycles. The molecule has 174 valence electrons. The summed E-state index contributed by atoms with van der Waals surface area (Å²) in [5.74, 6) is 1.05. The minimum absolute atomic E-state index is 0.0814. The maximum atomic E-state index is 13.4. The number of nitrogens with zero attached hydrogens (tertiary/aromatic N) is 1. The van der Waals surface area contributed by atoms with Gasteiger partial charge >= 0.3 is 5.97 Å². The van der Waals surface area contributed by atoms with Crippen LogP contribution in [0.4, 0.5) is 0 Å². The molecule has 1 fully saturated rings. The van der Waals surface area contributed by atoms with Gasteiger partial charge in [0.2, 0.25) is 0 Å². The van der Waals surface area contributed by atoms with Crippen molar-refractivity contribution in [2.24, 2.45) is 16.3 Å². The molecule has 0 saturated heterocycles. The Morgan fingerprint density at radius 2 is 1.74 bits per heavy atom. The molecule has 2 aromatic carbocycles. The van der Waals surface area contributed by atoms with Gasteiger partial charge in [-0.2, -0.15) is 0 Å². The van der Waals surface area contributed by atoms with Gasteiger partial charge in [0, 0.05) is 18.1 Å². The van der Waals surface area contributed by atoms with Gasteiger partial charge in [-0.3, -0.25) is 9.79 Å². The third-order valence-corrected chi connectivity index (χ3v) is 6.46. The molecule has 2 aromatic rings. The molecule has 4 rings (SSSR count). The fourth-order valence-corrected chi connectivity index (χ4v) is 5.04. The zero-order valence-electron chi connectivity index (χ0n) is 19.8. The van der Waals surface area contributed by atoms with Gasteiger partial charge in [0.25, 0.3) is 0 Å². The van der Waals surface area contributed by atoms with E-state index in [1.165, 1.54) is 7.11 Å². The normalized spacial score (nSPS) is 21.4. The zero-order chi connectivity index (χ0) is 24.3. The van der Waals surface area contributed by atoms with E-state index in [9.17, 15) is 9.59 Å². The van der Waals surface area contributed by atoms with Crippen LogP contribution in [0.3, 0.4) is 0 Å². The topological polar surface area (TPSA) is 65.0 Å². The van der Waals surface area contributed by atoms with Crippen LogP contribution in [-0.2, 0) is 19.1 Å². The Labute approximate surface area is 200 Å². The van der Waals surface area contributed by atoms with Crippen molar-refractivity contribution >= 4 is 17.5 Å². The first kappa shape index (κ1) is 23.7. The van der Waals surface area contributed by atoms with E-state index in [-0.39, 0.29) is 24.4 Å². The Balaban J connectivity index is 1.83. The maximum absolute atomic E-state index is 13.4. The quantitative estimate of drug-likeness (QED) is 0.350. The minimum atomic E-state index is -0.503. The molecule has 5 heteroatoms. The van der Waals surface area contributed by atoms with E-state index in [1.54, 1.807) is 0 Å². The lowest BCUT2D eigenvalue weighted by atomic mass is 9.63. The van der Waals surface area contributed by atoms with Crippen molar-refractivity contribution in [1.29, 1.82) is 0 Å². The summed E-state index contributed by atoms with van der Waals surface area (Å²) >= 11 is 0. The molecular weight excluding hydrogens is 426 g/mol. The van der Waals surface area contributed by atoms with Crippen LogP contribution in [0.25, 0.3) is 11.1 Å². The first-order valence-electron chi connectivity index (χ1n) is 11.4. The number of rotatable bonds is 6. The molecule has 0 spiro atoms. The van der Waals surface area contributed by atoms with Crippen LogP contribution in [0, 0.1) is 23.7 Å². The molecule has 0 radical (unpaired) electrons. The molecule has 34 heavy (non-hydrogen) atoms. The van der Waals surface area contributed by atoms with Crippen molar-refractivity contribution in [3.05, 3.63) is 71.4 Å². The fraction of sp³-hybridized carbons (Fsp3) is 0.345. The first-order valence-corrected chi connectivity index (χ1v) is 11.4. The largest absolute Gasteiger partial charge is 0.466 e. The van der Waals surface area contributed by atoms with Crippen LogP contribution in [0.1, 0.15) is 38.2 Å². The number of terminal acetylenes is 1. The van der Waals surface area contributed by atoms with Crippen molar-refractivity contribution < 1.29 is 19.1 Å². The van der Waals surface area contributed by atoms with E-state index >= 15 is 0 Å². The van der Waals surface area contributed by atoms with E-state index in [2.05, 4.69) is 19.8 Å². The summed E-state index contributed by atoms with van der Waals surface area (Å²) in [5, 5.41) is 0.